The molecule has 1 amide bonds. The molecule has 0 bridgehead atoms. The van der Waals surface area contributed by atoms with Crippen LogP contribution >= 0.6 is 0 Å². The van der Waals surface area contributed by atoms with Crippen molar-refractivity contribution in [2.45, 2.75) is 52.4 Å². The molecule has 0 unspecified atom stereocenters. The number of nitrogens with one attached hydrogen (secondary N) is 1. The maximum absolute atomic E-state index is 11.6. The second-order valence-electron chi connectivity index (χ2n) is 4.23. The number of carbonyl (C=O) groups is 1. The van der Waals surface area contributed by atoms with Crippen LogP contribution in [0.5, 0.6) is 0 Å². The Labute approximate surface area is 103 Å². The zero-order valence-electron chi connectivity index (χ0n) is 10.7. The molecule has 0 spiro atoms. The first-order valence-electron chi connectivity index (χ1n) is 6.32. The van der Waals surface area contributed by atoms with E-state index in [1.165, 1.54) is 19.3 Å². The van der Waals surface area contributed by atoms with Crippen molar-refractivity contribution in [2.75, 3.05) is 5.32 Å². The van der Waals surface area contributed by atoms with Crippen molar-refractivity contribution < 1.29 is 4.79 Å². The average Bonchev–Trinajstić information content (AvgIpc) is 2.29. The summed E-state index contributed by atoms with van der Waals surface area (Å²) in [5.41, 5.74) is 0.859. The molecule has 1 aromatic heterocycles. The van der Waals surface area contributed by atoms with Gasteiger partial charge < -0.3 is 0 Å². The number of aryl methyl sites for hydroxylation is 1. The molecule has 0 aliphatic carbocycles. The van der Waals surface area contributed by atoms with Gasteiger partial charge in [-0.1, -0.05) is 32.6 Å². The van der Waals surface area contributed by atoms with Crippen LogP contribution < -0.4 is 5.32 Å². The number of amides is 1. The van der Waals surface area contributed by atoms with Crippen LogP contribution in [0, 0.1) is 6.92 Å². The van der Waals surface area contributed by atoms with E-state index >= 15 is 0 Å². The molecule has 4 heteroatoms. The molecule has 0 radical (unpaired) electrons. The van der Waals surface area contributed by atoms with Gasteiger partial charge in [-0.25, -0.2) is 9.97 Å². The van der Waals surface area contributed by atoms with Gasteiger partial charge in [-0.15, -0.1) is 0 Å². The molecule has 4 nitrogen and oxygen atoms in total. The maximum Gasteiger partial charge on any atom is 0.229 e. The molecule has 0 atom stereocenters. The monoisotopic (exact) mass is 235 g/mol. The summed E-state index contributed by atoms with van der Waals surface area (Å²) in [5, 5.41) is 2.71. The van der Waals surface area contributed by atoms with Crippen LogP contribution in [0.2, 0.25) is 0 Å². The Kier molecular flexibility index (Phi) is 6.22. The van der Waals surface area contributed by atoms with Gasteiger partial charge in [0.2, 0.25) is 11.9 Å². The van der Waals surface area contributed by atoms with E-state index in [0.29, 0.717) is 12.4 Å². The predicted molar refractivity (Wildman–Crippen MR) is 68.8 cm³/mol. The average molecular weight is 235 g/mol. The number of rotatable bonds is 7. The second-order valence-corrected chi connectivity index (χ2v) is 4.23. The number of carbonyl (C=O) groups excluding carboxylic acids is 1. The predicted octanol–water partition coefficient (Wildman–Crippen LogP) is 3.08. The molecule has 0 fully saturated rings. The standard InChI is InChI=1S/C13H21N3O/c1-3-4-5-6-7-8-12(17)16-13-14-10-9-11(2)15-13/h9-10H,3-8H2,1-2H3,(H,14,15,16,17). The molecule has 0 aliphatic heterocycles. The number of anilines is 1. The van der Waals surface area contributed by atoms with Crippen LogP contribution in [0.3, 0.4) is 0 Å². The summed E-state index contributed by atoms with van der Waals surface area (Å²) in [6.45, 7) is 4.06. The largest absolute Gasteiger partial charge is 0.295 e. The molecule has 17 heavy (non-hydrogen) atoms. The zero-order valence-corrected chi connectivity index (χ0v) is 10.7. The Morgan fingerprint density at radius 2 is 2.06 bits per heavy atom. The van der Waals surface area contributed by atoms with Gasteiger partial charge >= 0.3 is 0 Å². The third kappa shape index (κ3) is 6.00. The lowest BCUT2D eigenvalue weighted by Gasteiger charge is -2.03. The Morgan fingerprint density at radius 1 is 1.29 bits per heavy atom. The normalized spacial score (nSPS) is 10.2. The number of aromatic nitrogens is 2. The van der Waals surface area contributed by atoms with E-state index in [9.17, 15) is 4.79 Å². The highest BCUT2D eigenvalue weighted by molar-refractivity contribution is 5.88. The van der Waals surface area contributed by atoms with Gasteiger partial charge in [0, 0.05) is 18.3 Å². The lowest BCUT2D eigenvalue weighted by molar-refractivity contribution is -0.116. The molecule has 1 rings (SSSR count). The highest BCUT2D eigenvalue weighted by Gasteiger charge is 2.03. The molecular weight excluding hydrogens is 214 g/mol. The van der Waals surface area contributed by atoms with Crippen molar-refractivity contribution in [3.05, 3.63) is 18.0 Å². The van der Waals surface area contributed by atoms with Crippen LogP contribution in [-0.2, 0) is 4.79 Å². The fourth-order valence-electron chi connectivity index (χ4n) is 1.59. The Hall–Kier alpha value is -1.45. The summed E-state index contributed by atoms with van der Waals surface area (Å²) in [7, 11) is 0. The van der Waals surface area contributed by atoms with Gasteiger partial charge in [-0.3, -0.25) is 10.1 Å². The van der Waals surface area contributed by atoms with Gasteiger partial charge in [0.05, 0.1) is 0 Å². The van der Waals surface area contributed by atoms with Gasteiger partial charge in [0.25, 0.3) is 0 Å². The highest BCUT2D eigenvalue weighted by Crippen LogP contribution is 2.06. The van der Waals surface area contributed by atoms with Crippen LogP contribution in [0.25, 0.3) is 0 Å². The summed E-state index contributed by atoms with van der Waals surface area (Å²) >= 11 is 0. The van der Waals surface area contributed by atoms with Gasteiger partial charge in [0.1, 0.15) is 0 Å². The fourth-order valence-corrected chi connectivity index (χ4v) is 1.59. The zero-order chi connectivity index (χ0) is 12.5. The molecule has 0 saturated carbocycles. The number of hydrogen-bond acceptors (Lipinski definition) is 3. The Balaban J connectivity index is 2.21. The van der Waals surface area contributed by atoms with Crippen molar-refractivity contribution in [1.82, 2.24) is 9.97 Å². The van der Waals surface area contributed by atoms with Crippen molar-refractivity contribution in [1.29, 1.82) is 0 Å². The molecule has 1 heterocycles. The fraction of sp³-hybridized carbons (Fsp3) is 0.615. The smallest absolute Gasteiger partial charge is 0.229 e. The van der Waals surface area contributed by atoms with Crippen molar-refractivity contribution in [3.8, 4) is 0 Å². The van der Waals surface area contributed by atoms with Gasteiger partial charge in [0.15, 0.2) is 0 Å². The highest BCUT2D eigenvalue weighted by atomic mass is 16.1. The number of unbranched alkanes of at least 4 members (excludes halogenated alkanes) is 4. The molecule has 94 valence electrons. The second kappa shape index (κ2) is 7.76. The minimum atomic E-state index is 0.00657. The third-order valence-corrected chi connectivity index (χ3v) is 2.55. The minimum Gasteiger partial charge on any atom is -0.295 e. The van der Waals surface area contributed by atoms with E-state index in [2.05, 4.69) is 22.2 Å². The summed E-state index contributed by atoms with van der Waals surface area (Å²) in [5.74, 6) is 0.413. The Bertz CT molecular complexity index is 352. The summed E-state index contributed by atoms with van der Waals surface area (Å²) in [6.07, 6.45) is 7.96. The first kappa shape index (κ1) is 13.6. The Morgan fingerprint density at radius 3 is 2.76 bits per heavy atom. The molecule has 0 aromatic carbocycles. The van der Waals surface area contributed by atoms with Gasteiger partial charge in [-0.05, 0) is 19.4 Å². The molecule has 0 aliphatic rings. The summed E-state index contributed by atoms with van der Waals surface area (Å²) in [6, 6.07) is 1.81. The van der Waals surface area contributed by atoms with Crippen LogP contribution in [0.4, 0.5) is 5.95 Å². The molecule has 0 saturated heterocycles. The lowest BCUT2D eigenvalue weighted by atomic mass is 10.1. The van der Waals surface area contributed by atoms with Crippen molar-refractivity contribution in [3.63, 3.8) is 0 Å². The number of nitrogens with zero attached hydrogens (tertiary/aromatic N) is 2. The maximum atomic E-state index is 11.6. The third-order valence-electron chi connectivity index (χ3n) is 2.55. The van der Waals surface area contributed by atoms with E-state index in [1.807, 2.05) is 6.92 Å². The lowest BCUT2D eigenvalue weighted by Crippen LogP contribution is -2.13. The van der Waals surface area contributed by atoms with E-state index in [4.69, 9.17) is 0 Å². The van der Waals surface area contributed by atoms with E-state index in [-0.39, 0.29) is 5.91 Å². The topological polar surface area (TPSA) is 54.9 Å². The van der Waals surface area contributed by atoms with Gasteiger partial charge in [-0.2, -0.15) is 0 Å². The number of hydrogen-bond donors (Lipinski definition) is 1. The summed E-state index contributed by atoms with van der Waals surface area (Å²) < 4.78 is 0. The van der Waals surface area contributed by atoms with E-state index in [0.717, 1.165) is 18.5 Å². The van der Waals surface area contributed by atoms with Crippen LogP contribution in [-0.4, -0.2) is 15.9 Å². The van der Waals surface area contributed by atoms with E-state index < -0.39 is 0 Å². The van der Waals surface area contributed by atoms with Crippen LogP contribution in [0.1, 0.15) is 51.1 Å². The van der Waals surface area contributed by atoms with Crippen molar-refractivity contribution in [2.24, 2.45) is 0 Å². The molecular formula is C13H21N3O. The van der Waals surface area contributed by atoms with Crippen molar-refractivity contribution >= 4 is 11.9 Å². The van der Waals surface area contributed by atoms with E-state index in [1.54, 1.807) is 12.3 Å². The quantitative estimate of drug-likeness (QED) is 0.739. The molecule has 1 N–H and O–H groups in total. The first-order valence-corrected chi connectivity index (χ1v) is 6.32. The molecule has 1 aromatic rings. The first-order chi connectivity index (χ1) is 8.22. The summed E-state index contributed by atoms with van der Waals surface area (Å²) in [4.78, 5) is 19.7. The SMILES string of the molecule is CCCCCCCC(=O)Nc1nccc(C)n1. The minimum absolute atomic E-state index is 0.00657. The van der Waals surface area contributed by atoms with Crippen LogP contribution in [0.15, 0.2) is 12.3 Å².